The van der Waals surface area contributed by atoms with Crippen molar-refractivity contribution >= 4 is 11.6 Å². The number of hydrogen-bond acceptors (Lipinski definition) is 4. The molecule has 1 atom stereocenters. The Kier molecular flexibility index (Phi) is 6.18. The fourth-order valence-corrected chi connectivity index (χ4v) is 1.39. The molecule has 1 unspecified atom stereocenters. The molecule has 0 radical (unpaired) electrons. The zero-order chi connectivity index (χ0) is 13.4. The van der Waals surface area contributed by atoms with E-state index in [1.165, 1.54) is 7.11 Å². The van der Waals surface area contributed by atoms with Crippen LogP contribution in [0.25, 0.3) is 0 Å². The number of rotatable bonds is 7. The van der Waals surface area contributed by atoms with E-state index in [0.717, 1.165) is 6.42 Å². The molecule has 1 aromatic carbocycles. The van der Waals surface area contributed by atoms with Crippen LogP contribution in [-0.4, -0.2) is 32.3 Å². The molecule has 5 nitrogen and oxygen atoms in total. The molecule has 0 saturated heterocycles. The number of ether oxygens (including phenoxy) is 2. The number of hydrogen-bond donors (Lipinski definition) is 2. The first-order chi connectivity index (χ1) is 8.69. The van der Waals surface area contributed by atoms with Crippen LogP contribution in [0.4, 0.5) is 5.69 Å². The van der Waals surface area contributed by atoms with E-state index >= 15 is 0 Å². The lowest BCUT2D eigenvalue weighted by molar-refractivity contribution is -0.118. The first-order valence-corrected chi connectivity index (χ1v) is 5.96. The quantitative estimate of drug-likeness (QED) is 0.769. The van der Waals surface area contributed by atoms with E-state index in [1.807, 2.05) is 25.1 Å². The predicted molar refractivity (Wildman–Crippen MR) is 70.7 cm³/mol. The molecular formula is C13H20N2O3. The van der Waals surface area contributed by atoms with Gasteiger partial charge in [-0.05, 0) is 18.6 Å². The van der Waals surface area contributed by atoms with Crippen LogP contribution in [-0.2, 0) is 9.53 Å². The molecule has 0 bridgehead atoms. The number of carbonyl (C=O) groups excluding carboxylic acids is 1. The smallest absolute Gasteiger partial charge is 0.243 e. The van der Waals surface area contributed by atoms with Crippen molar-refractivity contribution in [2.75, 3.05) is 25.6 Å². The second-order valence-electron chi connectivity index (χ2n) is 3.90. The van der Waals surface area contributed by atoms with Gasteiger partial charge in [-0.1, -0.05) is 19.1 Å². The minimum atomic E-state index is -0.686. The molecule has 100 valence electrons. The average molecular weight is 252 g/mol. The fourth-order valence-electron chi connectivity index (χ4n) is 1.39. The van der Waals surface area contributed by atoms with Crippen LogP contribution in [0.2, 0.25) is 0 Å². The topological polar surface area (TPSA) is 73.6 Å². The van der Waals surface area contributed by atoms with Gasteiger partial charge in [-0.2, -0.15) is 0 Å². The van der Waals surface area contributed by atoms with Crippen LogP contribution in [0.15, 0.2) is 24.3 Å². The first kappa shape index (κ1) is 14.5. The molecule has 0 aliphatic carbocycles. The second kappa shape index (κ2) is 7.68. The summed E-state index contributed by atoms with van der Waals surface area (Å²) in [6.07, 6.45) is 0.908. The van der Waals surface area contributed by atoms with Gasteiger partial charge >= 0.3 is 0 Å². The molecule has 1 amide bonds. The summed E-state index contributed by atoms with van der Waals surface area (Å²) in [4.78, 5) is 11.8. The van der Waals surface area contributed by atoms with Crippen molar-refractivity contribution < 1.29 is 14.3 Å². The Balaban J connectivity index is 2.68. The maximum Gasteiger partial charge on any atom is 0.243 e. The third-order valence-corrected chi connectivity index (χ3v) is 2.29. The Morgan fingerprint density at radius 2 is 2.17 bits per heavy atom. The highest BCUT2D eigenvalue weighted by Gasteiger charge is 2.14. The summed E-state index contributed by atoms with van der Waals surface area (Å²) in [7, 11) is 1.51. The van der Waals surface area contributed by atoms with E-state index in [-0.39, 0.29) is 12.5 Å². The van der Waals surface area contributed by atoms with Gasteiger partial charge < -0.3 is 20.5 Å². The third-order valence-electron chi connectivity index (χ3n) is 2.29. The highest BCUT2D eigenvalue weighted by Crippen LogP contribution is 2.23. The van der Waals surface area contributed by atoms with Crippen LogP contribution in [0, 0.1) is 0 Å². The summed E-state index contributed by atoms with van der Waals surface area (Å²) in [5.74, 6) is 0.363. The number of para-hydroxylation sites is 2. The van der Waals surface area contributed by atoms with E-state index in [0.29, 0.717) is 18.0 Å². The molecule has 5 heteroatoms. The van der Waals surface area contributed by atoms with Crippen molar-refractivity contribution in [1.29, 1.82) is 0 Å². The summed E-state index contributed by atoms with van der Waals surface area (Å²) < 4.78 is 10.4. The van der Waals surface area contributed by atoms with Crippen molar-refractivity contribution in [3.8, 4) is 5.75 Å². The van der Waals surface area contributed by atoms with Gasteiger partial charge in [0.05, 0.1) is 18.9 Å². The molecule has 0 aliphatic heterocycles. The molecular weight excluding hydrogens is 232 g/mol. The van der Waals surface area contributed by atoms with Crippen molar-refractivity contribution in [3.05, 3.63) is 24.3 Å². The molecule has 0 spiro atoms. The van der Waals surface area contributed by atoms with Crippen LogP contribution >= 0.6 is 0 Å². The number of methoxy groups -OCH3 is 1. The zero-order valence-electron chi connectivity index (χ0n) is 10.8. The van der Waals surface area contributed by atoms with Gasteiger partial charge in [0.2, 0.25) is 5.91 Å². The summed E-state index contributed by atoms with van der Waals surface area (Å²) >= 11 is 0. The third kappa shape index (κ3) is 4.35. The van der Waals surface area contributed by atoms with Gasteiger partial charge in [-0.15, -0.1) is 0 Å². The molecule has 1 rings (SSSR count). The molecule has 3 N–H and O–H groups in total. The Bertz CT molecular complexity index is 382. The Hall–Kier alpha value is -1.59. The molecule has 0 fully saturated rings. The molecule has 18 heavy (non-hydrogen) atoms. The van der Waals surface area contributed by atoms with Crippen LogP contribution < -0.4 is 15.8 Å². The van der Waals surface area contributed by atoms with E-state index in [4.69, 9.17) is 15.2 Å². The largest absolute Gasteiger partial charge is 0.491 e. The van der Waals surface area contributed by atoms with Crippen molar-refractivity contribution in [2.45, 2.75) is 19.4 Å². The number of amides is 1. The van der Waals surface area contributed by atoms with Gasteiger partial charge in [0, 0.05) is 7.11 Å². The van der Waals surface area contributed by atoms with E-state index in [2.05, 4.69) is 5.32 Å². The second-order valence-corrected chi connectivity index (χ2v) is 3.90. The highest BCUT2D eigenvalue weighted by molar-refractivity contribution is 5.96. The summed E-state index contributed by atoms with van der Waals surface area (Å²) in [5, 5.41) is 2.74. The maximum absolute atomic E-state index is 11.8. The van der Waals surface area contributed by atoms with Gasteiger partial charge in [-0.25, -0.2) is 0 Å². The van der Waals surface area contributed by atoms with Crippen LogP contribution in [0.3, 0.4) is 0 Å². The molecule has 0 heterocycles. The monoisotopic (exact) mass is 252 g/mol. The number of benzene rings is 1. The Morgan fingerprint density at radius 1 is 1.44 bits per heavy atom. The predicted octanol–water partition coefficient (Wildman–Crippen LogP) is 1.39. The summed E-state index contributed by atoms with van der Waals surface area (Å²) in [6, 6.07) is 6.59. The lowest BCUT2D eigenvalue weighted by atomic mass is 10.2. The summed E-state index contributed by atoms with van der Waals surface area (Å²) in [5.41, 5.74) is 6.28. The van der Waals surface area contributed by atoms with Crippen molar-refractivity contribution in [1.82, 2.24) is 0 Å². The minimum Gasteiger partial charge on any atom is -0.491 e. The van der Waals surface area contributed by atoms with Gasteiger partial charge in [0.15, 0.2) is 0 Å². The van der Waals surface area contributed by atoms with Crippen molar-refractivity contribution in [3.63, 3.8) is 0 Å². The van der Waals surface area contributed by atoms with E-state index in [9.17, 15) is 4.79 Å². The number of anilines is 1. The average Bonchev–Trinajstić information content (AvgIpc) is 2.38. The highest BCUT2D eigenvalue weighted by atomic mass is 16.5. The number of nitrogens with two attached hydrogens (primary N) is 1. The van der Waals surface area contributed by atoms with Gasteiger partial charge in [0.25, 0.3) is 0 Å². The minimum absolute atomic E-state index is 0.184. The normalized spacial score (nSPS) is 11.9. The van der Waals surface area contributed by atoms with Crippen LogP contribution in [0.5, 0.6) is 5.75 Å². The van der Waals surface area contributed by atoms with Crippen LogP contribution in [0.1, 0.15) is 13.3 Å². The number of nitrogens with one attached hydrogen (secondary N) is 1. The maximum atomic E-state index is 11.8. The van der Waals surface area contributed by atoms with Gasteiger partial charge in [-0.3, -0.25) is 4.79 Å². The van der Waals surface area contributed by atoms with Gasteiger partial charge in [0.1, 0.15) is 11.8 Å². The van der Waals surface area contributed by atoms with E-state index < -0.39 is 6.04 Å². The fraction of sp³-hybridized carbons (Fsp3) is 0.462. The lowest BCUT2D eigenvalue weighted by Gasteiger charge is -2.14. The standard InChI is InChI=1S/C13H20N2O3/c1-3-8-18-12-7-5-4-6-11(12)15-13(16)10(14)9-17-2/h4-7,10H,3,8-9,14H2,1-2H3,(H,15,16). The summed E-state index contributed by atoms with van der Waals surface area (Å²) in [6.45, 7) is 2.82. The molecule has 0 saturated carbocycles. The first-order valence-electron chi connectivity index (χ1n) is 5.96. The molecule has 0 aliphatic rings. The number of carbonyl (C=O) groups is 1. The SMILES string of the molecule is CCCOc1ccccc1NC(=O)C(N)COC. The van der Waals surface area contributed by atoms with E-state index in [1.54, 1.807) is 6.07 Å². The zero-order valence-corrected chi connectivity index (χ0v) is 10.8. The molecule has 1 aromatic rings. The lowest BCUT2D eigenvalue weighted by Crippen LogP contribution is -2.39. The molecule has 0 aromatic heterocycles. The Morgan fingerprint density at radius 3 is 2.83 bits per heavy atom. The van der Waals surface area contributed by atoms with Crippen molar-refractivity contribution in [2.24, 2.45) is 5.73 Å². The Labute approximate surface area is 107 Å².